The summed E-state index contributed by atoms with van der Waals surface area (Å²) in [6.45, 7) is 5.69. The zero-order chi connectivity index (χ0) is 17.6. The second kappa shape index (κ2) is 7.77. The third kappa shape index (κ3) is 4.44. The predicted octanol–water partition coefficient (Wildman–Crippen LogP) is 4.47. The average molecular weight is 325 g/mol. The highest BCUT2D eigenvalue weighted by molar-refractivity contribution is 6.13. The molecule has 1 unspecified atom stereocenters. The van der Waals surface area contributed by atoms with Crippen LogP contribution in [0.4, 0.5) is 4.79 Å². The van der Waals surface area contributed by atoms with Gasteiger partial charge in [-0.25, -0.2) is 4.79 Å². The van der Waals surface area contributed by atoms with Crippen molar-refractivity contribution in [3.63, 3.8) is 0 Å². The Morgan fingerprint density at radius 2 is 1.42 bits per heavy atom. The van der Waals surface area contributed by atoms with Gasteiger partial charge in [0.1, 0.15) is 6.10 Å². The highest BCUT2D eigenvalue weighted by atomic mass is 16.7. The molecule has 0 saturated heterocycles. The van der Waals surface area contributed by atoms with E-state index in [0.717, 1.165) is 16.8 Å². The number of aliphatic imine (C=N–C) groups is 1. The monoisotopic (exact) mass is 325 g/mol. The molecule has 2 aromatic carbocycles. The first-order valence-corrected chi connectivity index (χ1v) is 7.89. The molecule has 2 rings (SSSR count). The predicted molar refractivity (Wildman–Crippen MR) is 95.6 cm³/mol. The van der Waals surface area contributed by atoms with Crippen LogP contribution in [0.3, 0.4) is 0 Å². The van der Waals surface area contributed by atoms with Crippen LogP contribution in [0.2, 0.25) is 0 Å². The van der Waals surface area contributed by atoms with E-state index in [4.69, 9.17) is 9.73 Å². The molecule has 0 saturated carbocycles. The summed E-state index contributed by atoms with van der Waals surface area (Å²) in [4.78, 5) is 16.3. The smallest absolute Gasteiger partial charge is 0.438 e. The summed E-state index contributed by atoms with van der Waals surface area (Å²) >= 11 is 0. The highest BCUT2D eigenvalue weighted by Crippen LogP contribution is 2.22. The zero-order valence-electron chi connectivity index (χ0n) is 14.5. The number of nitrogens with zero attached hydrogens (tertiary/aromatic N) is 1. The van der Waals surface area contributed by atoms with Gasteiger partial charge >= 0.3 is 6.16 Å². The Kier molecular flexibility index (Phi) is 5.74. The normalized spacial score (nSPS) is 12.2. The molecule has 0 spiro atoms. The maximum Gasteiger partial charge on any atom is 0.508 e. The summed E-state index contributed by atoms with van der Waals surface area (Å²) in [5, 5.41) is 0. The molecule has 0 amide bonds. The molecule has 0 aliphatic heterocycles. The Morgan fingerprint density at radius 1 is 0.958 bits per heavy atom. The van der Waals surface area contributed by atoms with Crippen LogP contribution in [-0.2, 0) is 9.47 Å². The van der Waals surface area contributed by atoms with Gasteiger partial charge in [-0.1, -0.05) is 60.7 Å². The summed E-state index contributed by atoms with van der Waals surface area (Å²) in [5.74, 6) is 0. The molecule has 126 valence electrons. The van der Waals surface area contributed by atoms with Crippen LogP contribution in [0.25, 0.3) is 0 Å². The molecule has 0 radical (unpaired) electrons. The fourth-order valence-electron chi connectivity index (χ4n) is 2.20. The highest BCUT2D eigenvalue weighted by Gasteiger charge is 2.30. The molecule has 0 heterocycles. The molecule has 2 aromatic rings. The number of carbonyl (C=O) groups excluding carboxylic acids is 1. The van der Waals surface area contributed by atoms with Crippen molar-refractivity contribution in [1.82, 2.24) is 0 Å². The SMILES string of the molecule is COC(=O)OC(C)C(C)(C)N=C(c1ccccc1)c1ccccc1. The van der Waals surface area contributed by atoms with Crippen molar-refractivity contribution in [3.8, 4) is 0 Å². The second-order valence-corrected chi connectivity index (χ2v) is 6.06. The first-order valence-electron chi connectivity index (χ1n) is 7.89. The molecule has 4 heteroatoms. The van der Waals surface area contributed by atoms with Gasteiger partial charge in [0.05, 0.1) is 18.4 Å². The van der Waals surface area contributed by atoms with Gasteiger partial charge in [-0.05, 0) is 20.8 Å². The molecule has 0 aliphatic rings. The molecule has 4 nitrogen and oxygen atoms in total. The largest absolute Gasteiger partial charge is 0.508 e. The Labute approximate surface area is 143 Å². The molecule has 0 aromatic heterocycles. The Hall–Kier alpha value is -2.62. The first kappa shape index (κ1) is 17.7. The van der Waals surface area contributed by atoms with Crippen LogP contribution in [0, 0.1) is 0 Å². The molecule has 0 fully saturated rings. The van der Waals surface area contributed by atoms with Crippen LogP contribution in [0.1, 0.15) is 31.9 Å². The quantitative estimate of drug-likeness (QED) is 0.602. The molecular formula is C20H23NO3. The Bertz CT molecular complexity index is 652. The van der Waals surface area contributed by atoms with E-state index in [2.05, 4.69) is 4.74 Å². The van der Waals surface area contributed by atoms with E-state index in [0.29, 0.717) is 0 Å². The average Bonchev–Trinajstić information content (AvgIpc) is 2.61. The molecule has 0 bridgehead atoms. The molecule has 0 N–H and O–H groups in total. The second-order valence-electron chi connectivity index (χ2n) is 6.06. The molecule has 24 heavy (non-hydrogen) atoms. The number of hydrogen-bond donors (Lipinski definition) is 0. The van der Waals surface area contributed by atoms with E-state index >= 15 is 0 Å². The molecule has 0 aliphatic carbocycles. The standard InChI is InChI=1S/C20H23NO3/c1-15(24-19(22)23-4)20(2,3)21-18(16-11-7-5-8-12-16)17-13-9-6-10-14-17/h5-15H,1-4H3. The minimum Gasteiger partial charge on any atom is -0.438 e. The number of carbonyl (C=O) groups is 1. The van der Waals surface area contributed by atoms with Crippen LogP contribution >= 0.6 is 0 Å². The third-order valence-corrected chi connectivity index (χ3v) is 3.93. The van der Waals surface area contributed by atoms with Gasteiger partial charge in [0.15, 0.2) is 0 Å². The number of benzene rings is 2. The van der Waals surface area contributed by atoms with Gasteiger partial charge < -0.3 is 9.47 Å². The van der Waals surface area contributed by atoms with Crippen molar-refractivity contribution in [2.75, 3.05) is 7.11 Å². The van der Waals surface area contributed by atoms with Crippen LogP contribution in [0.15, 0.2) is 65.7 Å². The summed E-state index contributed by atoms with van der Waals surface area (Å²) in [5.41, 5.74) is 2.28. The van der Waals surface area contributed by atoms with Gasteiger partial charge in [0, 0.05) is 11.1 Å². The lowest BCUT2D eigenvalue weighted by atomic mass is 9.96. The van der Waals surface area contributed by atoms with E-state index < -0.39 is 17.8 Å². The van der Waals surface area contributed by atoms with Crippen molar-refractivity contribution in [2.24, 2.45) is 4.99 Å². The van der Waals surface area contributed by atoms with E-state index in [-0.39, 0.29) is 0 Å². The van der Waals surface area contributed by atoms with E-state index in [9.17, 15) is 4.79 Å². The van der Waals surface area contributed by atoms with Gasteiger partial charge in [-0.3, -0.25) is 4.99 Å². The van der Waals surface area contributed by atoms with Gasteiger partial charge in [0.25, 0.3) is 0 Å². The lowest BCUT2D eigenvalue weighted by molar-refractivity contribution is 0.0201. The maximum absolute atomic E-state index is 11.4. The van der Waals surface area contributed by atoms with Crippen LogP contribution in [0.5, 0.6) is 0 Å². The molecule has 1 atom stereocenters. The summed E-state index contributed by atoms with van der Waals surface area (Å²) in [6.07, 6.45) is -1.14. The van der Waals surface area contributed by atoms with Gasteiger partial charge in [0.2, 0.25) is 0 Å². The fraction of sp³-hybridized carbons (Fsp3) is 0.300. The fourth-order valence-corrected chi connectivity index (χ4v) is 2.20. The van der Waals surface area contributed by atoms with Crippen LogP contribution < -0.4 is 0 Å². The number of methoxy groups -OCH3 is 1. The number of rotatable bonds is 5. The van der Waals surface area contributed by atoms with E-state index in [1.54, 1.807) is 0 Å². The Balaban J connectivity index is 2.43. The summed E-state index contributed by atoms with van der Waals surface area (Å²) < 4.78 is 9.85. The minimum atomic E-state index is -0.702. The van der Waals surface area contributed by atoms with Gasteiger partial charge in [-0.15, -0.1) is 0 Å². The lowest BCUT2D eigenvalue weighted by Gasteiger charge is -2.28. The van der Waals surface area contributed by atoms with Crippen molar-refractivity contribution in [2.45, 2.75) is 32.4 Å². The maximum atomic E-state index is 11.4. The lowest BCUT2D eigenvalue weighted by Crippen LogP contribution is -2.37. The topological polar surface area (TPSA) is 47.9 Å². The van der Waals surface area contributed by atoms with Crippen LogP contribution in [-0.4, -0.2) is 30.6 Å². The van der Waals surface area contributed by atoms with Crippen molar-refractivity contribution in [1.29, 1.82) is 0 Å². The molecular weight excluding hydrogens is 302 g/mol. The zero-order valence-corrected chi connectivity index (χ0v) is 14.5. The van der Waals surface area contributed by atoms with Crippen molar-refractivity contribution >= 4 is 11.9 Å². The summed E-state index contributed by atoms with van der Waals surface area (Å²) in [7, 11) is 1.30. The van der Waals surface area contributed by atoms with Crippen molar-refractivity contribution in [3.05, 3.63) is 71.8 Å². The van der Waals surface area contributed by atoms with Gasteiger partial charge in [-0.2, -0.15) is 0 Å². The van der Waals surface area contributed by atoms with Crippen molar-refractivity contribution < 1.29 is 14.3 Å². The summed E-state index contributed by atoms with van der Waals surface area (Å²) in [6, 6.07) is 20.0. The number of ether oxygens (including phenoxy) is 2. The number of hydrogen-bond acceptors (Lipinski definition) is 4. The third-order valence-electron chi connectivity index (χ3n) is 3.93. The van der Waals surface area contributed by atoms with E-state index in [1.807, 2.05) is 81.4 Å². The first-order chi connectivity index (χ1) is 11.4. The Morgan fingerprint density at radius 3 is 1.83 bits per heavy atom. The van der Waals surface area contributed by atoms with E-state index in [1.165, 1.54) is 7.11 Å². The minimum absolute atomic E-state index is 0.438.